The molecule has 0 saturated carbocycles. The Morgan fingerprint density at radius 2 is 1.88 bits per heavy atom. The molecule has 1 amide bonds. The molecule has 2 aliphatic rings. The van der Waals surface area contributed by atoms with Crippen molar-refractivity contribution in [1.29, 1.82) is 0 Å². The normalized spacial score (nSPS) is 19.6. The van der Waals surface area contributed by atoms with Gasteiger partial charge in [0.1, 0.15) is 0 Å². The maximum atomic E-state index is 12.2. The van der Waals surface area contributed by atoms with Crippen molar-refractivity contribution in [3.8, 4) is 11.4 Å². The van der Waals surface area contributed by atoms with Crippen LogP contribution in [-0.2, 0) is 11.3 Å². The molecule has 7 nitrogen and oxygen atoms in total. The number of carbonyl (C=O) groups is 1. The second-order valence-corrected chi connectivity index (χ2v) is 7.44. The number of rotatable bonds is 5. The summed E-state index contributed by atoms with van der Waals surface area (Å²) in [5.74, 6) is 1.59. The van der Waals surface area contributed by atoms with Gasteiger partial charge in [0.05, 0.1) is 13.1 Å². The maximum absolute atomic E-state index is 12.2. The molecule has 0 atom stereocenters. The summed E-state index contributed by atoms with van der Waals surface area (Å²) in [5, 5.41) is 8.08. The van der Waals surface area contributed by atoms with Crippen LogP contribution in [0.3, 0.4) is 0 Å². The summed E-state index contributed by atoms with van der Waals surface area (Å²) in [5.41, 5.74) is 1.00. The molecule has 4 heterocycles. The summed E-state index contributed by atoms with van der Waals surface area (Å²) in [6, 6.07) is 2.00. The zero-order valence-corrected chi connectivity index (χ0v) is 15.1. The van der Waals surface area contributed by atoms with Crippen molar-refractivity contribution < 1.29 is 9.32 Å². The topological polar surface area (TPSA) is 65.7 Å². The van der Waals surface area contributed by atoms with Gasteiger partial charge < -0.3 is 9.42 Å². The number of likely N-dealkylation sites (tertiary alicyclic amines) is 1. The molecule has 134 valence electrons. The predicted molar refractivity (Wildman–Crippen MR) is 95.1 cm³/mol. The smallest absolute Gasteiger partial charge is 0.241 e. The van der Waals surface area contributed by atoms with Crippen LogP contribution in [0, 0.1) is 0 Å². The van der Waals surface area contributed by atoms with Crippen molar-refractivity contribution in [3.63, 3.8) is 0 Å². The van der Waals surface area contributed by atoms with Gasteiger partial charge in [-0.1, -0.05) is 5.16 Å². The molecule has 0 bridgehead atoms. The fourth-order valence-electron chi connectivity index (χ4n) is 3.38. The summed E-state index contributed by atoms with van der Waals surface area (Å²) in [6.45, 7) is 6.75. The third kappa shape index (κ3) is 4.08. The lowest BCUT2D eigenvalue weighted by atomic mass is 10.3. The number of thiophene rings is 1. The van der Waals surface area contributed by atoms with Crippen molar-refractivity contribution in [2.45, 2.75) is 19.4 Å². The van der Waals surface area contributed by atoms with E-state index in [1.165, 1.54) is 0 Å². The van der Waals surface area contributed by atoms with Gasteiger partial charge in [-0.25, -0.2) is 0 Å². The number of amides is 1. The molecule has 8 heteroatoms. The predicted octanol–water partition coefficient (Wildman–Crippen LogP) is 1.54. The molecule has 0 unspecified atom stereocenters. The Labute approximate surface area is 151 Å². The molecule has 4 rings (SSSR count). The highest BCUT2D eigenvalue weighted by atomic mass is 32.1. The number of nitrogens with zero attached hydrogens (tertiary/aromatic N) is 5. The first-order chi connectivity index (χ1) is 12.3. The van der Waals surface area contributed by atoms with Crippen molar-refractivity contribution in [1.82, 2.24) is 24.8 Å². The number of hydrogen-bond acceptors (Lipinski definition) is 7. The van der Waals surface area contributed by atoms with E-state index in [0.29, 0.717) is 24.8 Å². The van der Waals surface area contributed by atoms with Gasteiger partial charge in [-0.3, -0.25) is 14.6 Å². The molecule has 2 aliphatic heterocycles. The van der Waals surface area contributed by atoms with Crippen LogP contribution in [0.1, 0.15) is 18.7 Å². The van der Waals surface area contributed by atoms with Crippen molar-refractivity contribution in [3.05, 3.63) is 22.7 Å². The molecule has 2 saturated heterocycles. The van der Waals surface area contributed by atoms with Gasteiger partial charge >= 0.3 is 0 Å². The van der Waals surface area contributed by atoms with E-state index in [9.17, 15) is 4.79 Å². The average molecular weight is 361 g/mol. The number of carbonyl (C=O) groups excluding carboxylic acids is 1. The van der Waals surface area contributed by atoms with E-state index in [0.717, 1.165) is 57.7 Å². The molecule has 25 heavy (non-hydrogen) atoms. The molecule has 0 aliphatic carbocycles. The van der Waals surface area contributed by atoms with E-state index in [-0.39, 0.29) is 5.91 Å². The van der Waals surface area contributed by atoms with Gasteiger partial charge in [0, 0.05) is 50.2 Å². The number of aromatic nitrogens is 2. The van der Waals surface area contributed by atoms with Gasteiger partial charge in [-0.15, -0.1) is 0 Å². The molecule has 0 N–H and O–H groups in total. The highest BCUT2D eigenvalue weighted by molar-refractivity contribution is 7.08. The van der Waals surface area contributed by atoms with E-state index in [1.54, 1.807) is 11.3 Å². The van der Waals surface area contributed by atoms with Gasteiger partial charge in [0.2, 0.25) is 17.6 Å². The van der Waals surface area contributed by atoms with E-state index >= 15 is 0 Å². The molecule has 2 aromatic rings. The van der Waals surface area contributed by atoms with Gasteiger partial charge in [-0.2, -0.15) is 16.3 Å². The van der Waals surface area contributed by atoms with Crippen LogP contribution in [-0.4, -0.2) is 76.6 Å². The van der Waals surface area contributed by atoms with E-state index < -0.39 is 0 Å². The second kappa shape index (κ2) is 7.63. The van der Waals surface area contributed by atoms with Crippen LogP contribution < -0.4 is 0 Å². The molecule has 0 radical (unpaired) electrons. The standard InChI is InChI=1S/C17H23N5O2S/c23-16(22-4-1-2-5-22)12-21-8-6-20(7-9-21)11-15-18-17(19-24-15)14-3-10-25-13-14/h3,10,13H,1-2,4-9,11-12H2. The lowest BCUT2D eigenvalue weighted by Crippen LogP contribution is -2.49. The zero-order chi connectivity index (χ0) is 17.1. The molecular formula is C17H23N5O2S. The fraction of sp³-hybridized carbons (Fsp3) is 0.588. The average Bonchev–Trinajstić information content (AvgIpc) is 3.38. The lowest BCUT2D eigenvalue weighted by molar-refractivity contribution is -0.131. The minimum absolute atomic E-state index is 0.281. The third-order valence-corrected chi connectivity index (χ3v) is 5.57. The fourth-order valence-corrected chi connectivity index (χ4v) is 4.02. The van der Waals surface area contributed by atoms with Crippen molar-refractivity contribution in [2.24, 2.45) is 0 Å². The number of hydrogen-bond donors (Lipinski definition) is 0. The van der Waals surface area contributed by atoms with Gasteiger partial charge in [0.15, 0.2) is 0 Å². The van der Waals surface area contributed by atoms with Crippen LogP contribution in [0.2, 0.25) is 0 Å². The minimum atomic E-state index is 0.281. The Morgan fingerprint density at radius 3 is 2.60 bits per heavy atom. The van der Waals surface area contributed by atoms with Gasteiger partial charge in [0.25, 0.3) is 0 Å². The molecule has 2 aromatic heterocycles. The first-order valence-electron chi connectivity index (χ1n) is 8.85. The van der Waals surface area contributed by atoms with E-state index in [2.05, 4.69) is 19.9 Å². The highest BCUT2D eigenvalue weighted by Crippen LogP contribution is 2.19. The van der Waals surface area contributed by atoms with Crippen molar-refractivity contribution in [2.75, 3.05) is 45.8 Å². The first-order valence-corrected chi connectivity index (χ1v) is 9.80. The molecular weight excluding hydrogens is 338 g/mol. The van der Waals surface area contributed by atoms with Crippen LogP contribution in [0.15, 0.2) is 21.3 Å². The maximum Gasteiger partial charge on any atom is 0.241 e. The lowest BCUT2D eigenvalue weighted by Gasteiger charge is -2.34. The Balaban J connectivity index is 1.24. The summed E-state index contributed by atoms with van der Waals surface area (Å²) in [4.78, 5) is 23.3. The van der Waals surface area contributed by atoms with E-state index in [4.69, 9.17) is 4.52 Å². The Bertz CT molecular complexity index is 688. The molecule has 2 fully saturated rings. The quantitative estimate of drug-likeness (QED) is 0.805. The summed E-state index contributed by atoms with van der Waals surface area (Å²) in [6.07, 6.45) is 2.30. The third-order valence-electron chi connectivity index (χ3n) is 4.89. The molecule has 0 aromatic carbocycles. The second-order valence-electron chi connectivity index (χ2n) is 6.66. The Hall–Kier alpha value is -1.77. The molecule has 0 spiro atoms. The Morgan fingerprint density at radius 1 is 1.12 bits per heavy atom. The van der Waals surface area contributed by atoms with Crippen LogP contribution in [0.4, 0.5) is 0 Å². The first kappa shape index (κ1) is 16.7. The summed E-state index contributed by atoms with van der Waals surface area (Å²) in [7, 11) is 0. The van der Waals surface area contributed by atoms with Crippen molar-refractivity contribution >= 4 is 17.2 Å². The van der Waals surface area contributed by atoms with E-state index in [1.807, 2.05) is 21.7 Å². The minimum Gasteiger partial charge on any atom is -0.342 e. The van der Waals surface area contributed by atoms with Gasteiger partial charge in [-0.05, 0) is 24.3 Å². The zero-order valence-electron chi connectivity index (χ0n) is 14.3. The van der Waals surface area contributed by atoms with Crippen LogP contribution >= 0.6 is 11.3 Å². The number of piperazine rings is 1. The Kier molecular flexibility index (Phi) is 5.09. The summed E-state index contributed by atoms with van der Waals surface area (Å²) < 4.78 is 5.38. The SMILES string of the molecule is O=C(CN1CCN(Cc2nc(-c3ccsc3)no2)CC1)N1CCCC1. The van der Waals surface area contributed by atoms with Crippen LogP contribution in [0.5, 0.6) is 0 Å². The summed E-state index contributed by atoms with van der Waals surface area (Å²) >= 11 is 1.62. The highest BCUT2D eigenvalue weighted by Gasteiger charge is 2.24. The largest absolute Gasteiger partial charge is 0.342 e. The van der Waals surface area contributed by atoms with Crippen LogP contribution in [0.25, 0.3) is 11.4 Å². The monoisotopic (exact) mass is 361 g/mol.